The number of thioether (sulfide) groups is 1. The van der Waals surface area contributed by atoms with Crippen molar-refractivity contribution in [2.75, 3.05) is 0 Å². The molecule has 1 aliphatic heterocycles. The Morgan fingerprint density at radius 1 is 1.29 bits per heavy atom. The predicted molar refractivity (Wildman–Crippen MR) is 79.8 cm³/mol. The zero-order valence-corrected chi connectivity index (χ0v) is 12.1. The van der Waals surface area contributed by atoms with Crippen LogP contribution in [-0.2, 0) is 4.79 Å². The van der Waals surface area contributed by atoms with Gasteiger partial charge in [-0.15, -0.1) is 0 Å². The Morgan fingerprint density at radius 3 is 2.81 bits per heavy atom. The number of amidine groups is 1. The fraction of sp³-hybridized carbons (Fsp3) is 0.333. The highest BCUT2D eigenvalue weighted by Gasteiger charge is 2.26. The van der Waals surface area contributed by atoms with Crippen LogP contribution in [0.1, 0.15) is 31.2 Å². The van der Waals surface area contributed by atoms with Crippen LogP contribution in [0.25, 0.3) is 6.08 Å². The summed E-state index contributed by atoms with van der Waals surface area (Å²) in [4.78, 5) is 16.7. The molecule has 6 heteroatoms. The largest absolute Gasteiger partial charge is 0.301 e. The smallest absolute Gasteiger partial charge is 0.264 e. The molecular weight excluding hydrogens is 294 g/mol. The summed E-state index contributed by atoms with van der Waals surface area (Å²) in [5.41, 5.74) is 0.0646. The molecule has 1 saturated heterocycles. The molecule has 1 amide bonds. The van der Waals surface area contributed by atoms with Gasteiger partial charge in [-0.2, -0.15) is 0 Å². The lowest BCUT2D eigenvalue weighted by Crippen LogP contribution is -2.21. The second kappa shape index (κ2) is 5.97. The van der Waals surface area contributed by atoms with Crippen molar-refractivity contribution in [3.05, 3.63) is 40.3 Å². The van der Waals surface area contributed by atoms with Gasteiger partial charge in [-0.1, -0.05) is 12.8 Å². The number of hydrogen-bond donors (Lipinski definition) is 1. The van der Waals surface area contributed by atoms with E-state index in [-0.39, 0.29) is 17.5 Å². The van der Waals surface area contributed by atoms with Gasteiger partial charge in [0, 0.05) is 5.56 Å². The van der Waals surface area contributed by atoms with Crippen molar-refractivity contribution < 1.29 is 13.6 Å². The van der Waals surface area contributed by atoms with Crippen LogP contribution >= 0.6 is 11.8 Å². The molecule has 1 saturated carbocycles. The Labute approximate surface area is 125 Å². The van der Waals surface area contributed by atoms with Crippen LogP contribution in [0.2, 0.25) is 0 Å². The fourth-order valence-corrected chi connectivity index (χ4v) is 3.34. The highest BCUT2D eigenvalue weighted by atomic mass is 32.2. The summed E-state index contributed by atoms with van der Waals surface area (Å²) in [6.45, 7) is 0. The third-order valence-electron chi connectivity index (χ3n) is 3.52. The summed E-state index contributed by atoms with van der Waals surface area (Å²) in [6.07, 6.45) is 5.76. The number of halogens is 2. The van der Waals surface area contributed by atoms with Crippen LogP contribution in [0.15, 0.2) is 28.1 Å². The second-order valence-electron chi connectivity index (χ2n) is 5.10. The Morgan fingerprint density at radius 2 is 2.05 bits per heavy atom. The van der Waals surface area contributed by atoms with Gasteiger partial charge < -0.3 is 5.32 Å². The molecule has 3 nitrogen and oxygen atoms in total. The van der Waals surface area contributed by atoms with E-state index in [1.54, 1.807) is 0 Å². The van der Waals surface area contributed by atoms with E-state index in [1.807, 2.05) is 0 Å². The van der Waals surface area contributed by atoms with Crippen LogP contribution in [0, 0.1) is 11.6 Å². The first-order chi connectivity index (χ1) is 10.1. The van der Waals surface area contributed by atoms with Crippen molar-refractivity contribution in [3.8, 4) is 0 Å². The molecule has 0 unspecified atom stereocenters. The first kappa shape index (κ1) is 14.3. The highest BCUT2D eigenvalue weighted by molar-refractivity contribution is 8.18. The summed E-state index contributed by atoms with van der Waals surface area (Å²) in [5, 5.41) is 3.23. The van der Waals surface area contributed by atoms with E-state index < -0.39 is 11.6 Å². The average Bonchev–Trinajstić information content (AvgIpc) is 3.05. The van der Waals surface area contributed by atoms with E-state index in [1.165, 1.54) is 17.8 Å². The van der Waals surface area contributed by atoms with E-state index in [2.05, 4.69) is 10.3 Å². The minimum atomic E-state index is -0.557. The van der Waals surface area contributed by atoms with Gasteiger partial charge >= 0.3 is 0 Å². The van der Waals surface area contributed by atoms with E-state index in [0.717, 1.165) is 43.9 Å². The number of amides is 1. The summed E-state index contributed by atoms with van der Waals surface area (Å²) in [6, 6.07) is 3.43. The van der Waals surface area contributed by atoms with Gasteiger partial charge in [-0.05, 0) is 48.9 Å². The SMILES string of the molecule is O=C1NC(=NC2CCCC2)S/C1=C/c1cc(F)ccc1F. The molecule has 110 valence electrons. The van der Waals surface area contributed by atoms with Gasteiger partial charge in [0.2, 0.25) is 0 Å². The van der Waals surface area contributed by atoms with Crippen molar-refractivity contribution >= 4 is 28.9 Å². The quantitative estimate of drug-likeness (QED) is 0.850. The van der Waals surface area contributed by atoms with Crippen LogP contribution in [0.5, 0.6) is 0 Å². The Balaban J connectivity index is 1.81. The Kier molecular flexibility index (Phi) is 4.05. The maximum atomic E-state index is 13.6. The monoisotopic (exact) mass is 308 g/mol. The van der Waals surface area contributed by atoms with Crippen molar-refractivity contribution in [1.29, 1.82) is 0 Å². The van der Waals surface area contributed by atoms with Gasteiger partial charge in [0.05, 0.1) is 10.9 Å². The van der Waals surface area contributed by atoms with Gasteiger partial charge in [-0.25, -0.2) is 8.78 Å². The standard InChI is InChI=1S/C15H14F2N2OS/c16-10-5-6-12(17)9(7-10)8-13-14(20)19-15(21-13)18-11-3-1-2-4-11/h5-8,11H,1-4H2,(H,18,19,20)/b13-8+. The first-order valence-electron chi connectivity index (χ1n) is 6.85. The minimum absolute atomic E-state index is 0.0646. The molecule has 3 rings (SSSR count). The Bertz CT molecular complexity index is 637. The molecule has 21 heavy (non-hydrogen) atoms. The molecule has 0 bridgehead atoms. The van der Waals surface area contributed by atoms with Gasteiger partial charge in [0.1, 0.15) is 11.6 Å². The van der Waals surface area contributed by atoms with E-state index in [4.69, 9.17) is 0 Å². The Hall–Kier alpha value is -1.69. The zero-order valence-electron chi connectivity index (χ0n) is 11.2. The predicted octanol–water partition coefficient (Wildman–Crippen LogP) is 3.47. The van der Waals surface area contributed by atoms with Gasteiger partial charge in [-0.3, -0.25) is 9.79 Å². The first-order valence-corrected chi connectivity index (χ1v) is 7.67. The molecule has 1 N–H and O–H groups in total. The fourth-order valence-electron chi connectivity index (χ4n) is 2.45. The maximum absolute atomic E-state index is 13.6. The van der Waals surface area contributed by atoms with Crippen molar-refractivity contribution in [3.63, 3.8) is 0 Å². The summed E-state index contributed by atoms with van der Waals surface area (Å²) >= 11 is 1.18. The second-order valence-corrected chi connectivity index (χ2v) is 6.13. The number of carbonyl (C=O) groups is 1. The number of benzene rings is 1. The van der Waals surface area contributed by atoms with E-state index in [9.17, 15) is 13.6 Å². The van der Waals surface area contributed by atoms with Crippen molar-refractivity contribution in [2.24, 2.45) is 4.99 Å². The topological polar surface area (TPSA) is 41.5 Å². The number of nitrogens with one attached hydrogen (secondary N) is 1. The molecule has 1 heterocycles. The highest BCUT2D eigenvalue weighted by Crippen LogP contribution is 2.29. The lowest BCUT2D eigenvalue weighted by atomic mass is 10.2. The number of aliphatic imine (C=N–C) groups is 1. The van der Waals surface area contributed by atoms with Crippen LogP contribution in [-0.4, -0.2) is 17.1 Å². The molecule has 1 aliphatic carbocycles. The summed E-state index contributed by atoms with van der Waals surface area (Å²) in [5.74, 6) is -1.41. The molecule has 0 atom stereocenters. The average molecular weight is 308 g/mol. The molecule has 2 fully saturated rings. The maximum Gasteiger partial charge on any atom is 0.264 e. The van der Waals surface area contributed by atoms with Crippen LogP contribution in [0.4, 0.5) is 8.78 Å². The zero-order chi connectivity index (χ0) is 14.8. The number of nitrogens with zero attached hydrogens (tertiary/aromatic N) is 1. The number of rotatable bonds is 2. The normalized spacial score (nSPS) is 23.2. The third kappa shape index (κ3) is 3.32. The molecule has 0 aromatic heterocycles. The molecule has 2 aliphatic rings. The molecule has 1 aromatic carbocycles. The minimum Gasteiger partial charge on any atom is -0.301 e. The number of hydrogen-bond acceptors (Lipinski definition) is 3. The van der Waals surface area contributed by atoms with Crippen molar-refractivity contribution in [2.45, 2.75) is 31.7 Å². The molecular formula is C15H14F2N2OS. The lowest BCUT2D eigenvalue weighted by Gasteiger charge is -2.02. The van der Waals surface area contributed by atoms with Gasteiger partial charge in [0.15, 0.2) is 5.17 Å². The third-order valence-corrected chi connectivity index (χ3v) is 4.44. The molecule has 0 spiro atoms. The van der Waals surface area contributed by atoms with E-state index >= 15 is 0 Å². The number of carbonyl (C=O) groups excluding carboxylic acids is 1. The summed E-state index contributed by atoms with van der Waals surface area (Å²) in [7, 11) is 0. The van der Waals surface area contributed by atoms with E-state index in [0.29, 0.717) is 10.1 Å². The van der Waals surface area contributed by atoms with Gasteiger partial charge in [0.25, 0.3) is 5.91 Å². The van der Waals surface area contributed by atoms with Crippen LogP contribution < -0.4 is 5.32 Å². The van der Waals surface area contributed by atoms with Crippen molar-refractivity contribution in [1.82, 2.24) is 5.32 Å². The van der Waals surface area contributed by atoms with Crippen LogP contribution in [0.3, 0.4) is 0 Å². The lowest BCUT2D eigenvalue weighted by molar-refractivity contribution is -0.115. The summed E-state index contributed by atoms with van der Waals surface area (Å²) < 4.78 is 26.7. The molecule has 1 aromatic rings. The molecule has 0 radical (unpaired) electrons.